The van der Waals surface area contributed by atoms with E-state index in [0.29, 0.717) is 19.3 Å². The van der Waals surface area contributed by atoms with Crippen LogP contribution in [0.25, 0.3) is 5.57 Å². The first-order valence-electron chi connectivity index (χ1n) is 8.73. The first-order valence-corrected chi connectivity index (χ1v) is 9.11. The van der Waals surface area contributed by atoms with Crippen LogP contribution >= 0.6 is 11.6 Å². The molecule has 2 atom stereocenters. The van der Waals surface area contributed by atoms with Gasteiger partial charge in [-0.3, -0.25) is 4.90 Å². The maximum atomic E-state index is 11.2. The summed E-state index contributed by atoms with van der Waals surface area (Å²) < 4.78 is 5.77. The Hall–Kier alpha value is -2.14. The van der Waals surface area contributed by atoms with Gasteiger partial charge in [-0.25, -0.2) is 4.79 Å². The summed E-state index contributed by atoms with van der Waals surface area (Å²) >= 11 is 6.16. The van der Waals surface area contributed by atoms with Gasteiger partial charge in [0.25, 0.3) is 0 Å². The van der Waals surface area contributed by atoms with Crippen molar-refractivity contribution in [3.05, 3.63) is 76.3 Å². The molecule has 26 heavy (non-hydrogen) atoms. The highest BCUT2D eigenvalue weighted by Crippen LogP contribution is 2.34. The van der Waals surface area contributed by atoms with E-state index in [1.54, 1.807) is 12.1 Å². The highest BCUT2D eigenvalue weighted by molar-refractivity contribution is 6.33. The van der Waals surface area contributed by atoms with Crippen molar-refractivity contribution >= 4 is 23.1 Å². The molecule has 2 aliphatic rings. The smallest absolute Gasteiger partial charge is 0.337 e. The summed E-state index contributed by atoms with van der Waals surface area (Å²) in [6.45, 7) is 2.29. The highest BCUT2D eigenvalue weighted by Gasteiger charge is 2.35. The van der Waals surface area contributed by atoms with Crippen LogP contribution < -0.4 is 0 Å². The highest BCUT2D eigenvalue weighted by atomic mass is 35.5. The molecule has 2 aliphatic heterocycles. The number of ether oxygens (including phenoxy) is 1. The molecule has 2 aromatic rings. The number of carboxylic acid groups (broad SMARTS) is 1. The van der Waals surface area contributed by atoms with Crippen LogP contribution in [0.3, 0.4) is 0 Å². The van der Waals surface area contributed by atoms with Crippen molar-refractivity contribution in [3.63, 3.8) is 0 Å². The Bertz CT molecular complexity index is 850. The number of benzene rings is 2. The second-order valence-electron chi connectivity index (χ2n) is 6.81. The molecule has 0 aromatic heterocycles. The molecule has 1 saturated heterocycles. The van der Waals surface area contributed by atoms with Gasteiger partial charge in [0.2, 0.25) is 0 Å². The van der Waals surface area contributed by atoms with Crippen molar-refractivity contribution in [2.24, 2.45) is 0 Å². The van der Waals surface area contributed by atoms with Gasteiger partial charge in [0.1, 0.15) is 0 Å². The van der Waals surface area contributed by atoms with Gasteiger partial charge in [0, 0.05) is 12.6 Å². The summed E-state index contributed by atoms with van der Waals surface area (Å²) in [6, 6.07) is 16.2. The summed E-state index contributed by atoms with van der Waals surface area (Å²) in [4.78, 5) is 13.7. The molecule has 4 rings (SSSR count). The molecule has 0 amide bonds. The zero-order valence-corrected chi connectivity index (χ0v) is 15.0. The molecule has 0 radical (unpaired) electrons. The Morgan fingerprint density at radius 2 is 2.00 bits per heavy atom. The SMILES string of the molecule is O=C(O)c1ccc(C2=CC3COCC(C2)N3Cc2ccccc2)cc1Cl. The number of carbonyl (C=O) groups is 1. The molecule has 2 bridgehead atoms. The van der Waals surface area contributed by atoms with Crippen LogP contribution in [0.1, 0.15) is 27.9 Å². The summed E-state index contributed by atoms with van der Waals surface area (Å²) in [6.07, 6.45) is 3.11. The second-order valence-corrected chi connectivity index (χ2v) is 7.22. The molecule has 2 aromatic carbocycles. The number of rotatable bonds is 4. The number of hydrogen-bond donors (Lipinski definition) is 1. The van der Waals surface area contributed by atoms with Gasteiger partial charge in [-0.15, -0.1) is 0 Å². The normalized spacial score (nSPS) is 22.7. The van der Waals surface area contributed by atoms with Gasteiger partial charge in [-0.2, -0.15) is 0 Å². The molecule has 2 unspecified atom stereocenters. The maximum Gasteiger partial charge on any atom is 0.337 e. The zero-order valence-electron chi connectivity index (χ0n) is 14.3. The van der Waals surface area contributed by atoms with Crippen molar-refractivity contribution in [1.82, 2.24) is 4.90 Å². The predicted octanol–water partition coefficient (Wildman–Crippen LogP) is 4.09. The standard InChI is InChI=1S/C21H20ClNO3/c22-20-10-15(6-7-19(20)21(24)25)16-8-17-12-26-13-18(9-16)23(17)11-14-4-2-1-3-5-14/h1-8,10,17-18H,9,11-13H2,(H,24,25). The molecule has 1 fully saturated rings. The van der Waals surface area contributed by atoms with Gasteiger partial charge >= 0.3 is 5.97 Å². The van der Waals surface area contributed by atoms with Crippen molar-refractivity contribution in [1.29, 1.82) is 0 Å². The van der Waals surface area contributed by atoms with Crippen molar-refractivity contribution in [2.45, 2.75) is 25.0 Å². The average Bonchev–Trinajstić information content (AvgIpc) is 2.62. The van der Waals surface area contributed by atoms with E-state index in [1.165, 1.54) is 11.1 Å². The lowest BCUT2D eigenvalue weighted by atomic mass is 9.89. The van der Waals surface area contributed by atoms with E-state index in [9.17, 15) is 4.79 Å². The Morgan fingerprint density at radius 3 is 2.69 bits per heavy atom. The lowest BCUT2D eigenvalue weighted by Gasteiger charge is -2.45. The minimum atomic E-state index is -1.00. The summed E-state index contributed by atoms with van der Waals surface area (Å²) in [5.41, 5.74) is 3.65. The third-order valence-corrected chi connectivity index (χ3v) is 5.43. The summed E-state index contributed by atoms with van der Waals surface area (Å²) in [5, 5.41) is 9.43. The van der Waals surface area contributed by atoms with Gasteiger partial charge in [0.15, 0.2) is 0 Å². The lowest BCUT2D eigenvalue weighted by molar-refractivity contribution is -0.0402. The molecular weight excluding hydrogens is 350 g/mol. The fourth-order valence-corrected chi connectivity index (χ4v) is 4.07. The van der Waals surface area contributed by atoms with Crippen LogP contribution in [-0.4, -0.2) is 41.3 Å². The number of aromatic carboxylic acids is 1. The van der Waals surface area contributed by atoms with Crippen LogP contribution in [0, 0.1) is 0 Å². The Labute approximate surface area is 157 Å². The number of nitrogens with zero attached hydrogens (tertiary/aromatic N) is 1. The Morgan fingerprint density at radius 1 is 1.19 bits per heavy atom. The Balaban J connectivity index is 1.60. The number of carboxylic acids is 1. The maximum absolute atomic E-state index is 11.2. The molecule has 134 valence electrons. The Kier molecular flexibility index (Phi) is 4.81. The molecule has 2 heterocycles. The van der Waals surface area contributed by atoms with Crippen LogP contribution in [0.2, 0.25) is 5.02 Å². The first kappa shape index (κ1) is 17.3. The van der Waals surface area contributed by atoms with Gasteiger partial charge in [-0.05, 0) is 35.3 Å². The van der Waals surface area contributed by atoms with Crippen molar-refractivity contribution < 1.29 is 14.6 Å². The number of morpholine rings is 1. The van der Waals surface area contributed by atoms with Crippen LogP contribution in [0.5, 0.6) is 0 Å². The summed E-state index contributed by atoms with van der Waals surface area (Å²) in [7, 11) is 0. The predicted molar refractivity (Wildman–Crippen MR) is 101 cm³/mol. The van der Waals surface area contributed by atoms with E-state index in [4.69, 9.17) is 21.4 Å². The van der Waals surface area contributed by atoms with E-state index in [1.807, 2.05) is 12.1 Å². The van der Waals surface area contributed by atoms with E-state index in [-0.39, 0.29) is 16.6 Å². The minimum absolute atomic E-state index is 0.140. The monoisotopic (exact) mass is 369 g/mol. The number of halogens is 1. The molecule has 0 saturated carbocycles. The van der Waals surface area contributed by atoms with Gasteiger partial charge < -0.3 is 9.84 Å². The summed E-state index contributed by atoms with van der Waals surface area (Å²) in [5.74, 6) is -1.00. The average molecular weight is 370 g/mol. The molecule has 1 N–H and O–H groups in total. The van der Waals surface area contributed by atoms with Gasteiger partial charge in [-0.1, -0.05) is 54.1 Å². The van der Waals surface area contributed by atoms with Crippen LogP contribution in [0.4, 0.5) is 0 Å². The fraction of sp³-hybridized carbons (Fsp3) is 0.286. The third kappa shape index (κ3) is 3.40. The largest absolute Gasteiger partial charge is 0.478 e. The second kappa shape index (κ2) is 7.23. The quantitative estimate of drug-likeness (QED) is 0.881. The molecule has 0 spiro atoms. The number of fused-ring (bicyclic) bond motifs is 2. The van der Waals surface area contributed by atoms with Crippen molar-refractivity contribution in [3.8, 4) is 0 Å². The molecular formula is C21H20ClNO3. The van der Waals surface area contributed by atoms with E-state index in [2.05, 4.69) is 35.2 Å². The zero-order chi connectivity index (χ0) is 18.1. The molecule has 5 heteroatoms. The minimum Gasteiger partial charge on any atom is -0.478 e. The topological polar surface area (TPSA) is 49.8 Å². The van der Waals surface area contributed by atoms with Crippen molar-refractivity contribution in [2.75, 3.05) is 13.2 Å². The molecule has 0 aliphatic carbocycles. The molecule has 4 nitrogen and oxygen atoms in total. The first-order chi connectivity index (χ1) is 12.6. The van der Waals surface area contributed by atoms with Crippen LogP contribution in [0.15, 0.2) is 54.6 Å². The fourth-order valence-electron chi connectivity index (χ4n) is 3.80. The van der Waals surface area contributed by atoms with Gasteiger partial charge in [0.05, 0.1) is 29.8 Å². The lowest BCUT2D eigenvalue weighted by Crippen LogP contribution is -2.53. The number of hydrogen-bond acceptors (Lipinski definition) is 3. The van der Waals surface area contributed by atoms with E-state index in [0.717, 1.165) is 18.5 Å². The van der Waals surface area contributed by atoms with E-state index < -0.39 is 5.97 Å². The van der Waals surface area contributed by atoms with E-state index >= 15 is 0 Å². The van der Waals surface area contributed by atoms with Crippen LogP contribution in [-0.2, 0) is 11.3 Å². The third-order valence-electron chi connectivity index (χ3n) is 5.12.